The van der Waals surface area contributed by atoms with Gasteiger partial charge < -0.3 is 14.2 Å². The van der Waals surface area contributed by atoms with Gasteiger partial charge in [0.2, 0.25) is 0 Å². The molecule has 1 aliphatic carbocycles. The van der Waals surface area contributed by atoms with Crippen molar-refractivity contribution in [3.8, 4) is 6.07 Å². The van der Waals surface area contributed by atoms with Crippen LogP contribution in [0.15, 0.2) is 12.2 Å². The molecule has 2 aliphatic heterocycles. The number of nitriles is 1. The third kappa shape index (κ3) is 2.47. The first-order valence-corrected chi connectivity index (χ1v) is 7.57. The Balaban J connectivity index is 1.79. The highest BCUT2D eigenvalue weighted by Gasteiger charge is 2.61. The molecular weight excluding hydrogens is 270 g/mol. The summed E-state index contributed by atoms with van der Waals surface area (Å²) in [6.45, 7) is 3.40. The topological polar surface area (TPSA) is 68.5 Å². The molecule has 2 fully saturated rings. The van der Waals surface area contributed by atoms with Crippen LogP contribution >= 0.6 is 0 Å². The molecule has 0 radical (unpaired) electrons. The zero-order valence-corrected chi connectivity index (χ0v) is 12.5. The van der Waals surface area contributed by atoms with Crippen LogP contribution < -0.4 is 0 Å². The Morgan fingerprint density at radius 1 is 1.48 bits per heavy atom. The Morgan fingerprint density at radius 2 is 2.29 bits per heavy atom. The smallest absolute Gasteiger partial charge is 0.303 e. The van der Waals surface area contributed by atoms with Gasteiger partial charge in [-0.1, -0.05) is 6.08 Å². The van der Waals surface area contributed by atoms with Crippen molar-refractivity contribution in [2.24, 2.45) is 0 Å². The van der Waals surface area contributed by atoms with E-state index in [4.69, 9.17) is 19.5 Å². The number of fused-ring (bicyclic) bond motifs is 1. The van der Waals surface area contributed by atoms with Gasteiger partial charge in [-0.2, -0.15) is 5.26 Å². The van der Waals surface area contributed by atoms with E-state index in [1.54, 1.807) is 0 Å². The van der Waals surface area contributed by atoms with Crippen molar-refractivity contribution in [3.63, 3.8) is 0 Å². The first kappa shape index (κ1) is 14.6. The van der Waals surface area contributed by atoms with E-state index in [0.29, 0.717) is 12.8 Å². The summed E-state index contributed by atoms with van der Waals surface area (Å²) in [6, 6.07) is 2.18. The van der Waals surface area contributed by atoms with Crippen molar-refractivity contribution in [3.05, 3.63) is 12.2 Å². The molecule has 0 N–H and O–H groups in total. The zero-order chi connectivity index (χ0) is 15.1. The van der Waals surface area contributed by atoms with Crippen LogP contribution in [0.2, 0.25) is 0 Å². The van der Waals surface area contributed by atoms with Crippen molar-refractivity contribution in [2.45, 2.75) is 75.5 Å². The Labute approximate surface area is 124 Å². The second-order valence-corrected chi connectivity index (χ2v) is 6.45. The van der Waals surface area contributed by atoms with Gasteiger partial charge in [-0.25, -0.2) is 0 Å². The molecule has 5 atom stereocenters. The maximum absolute atomic E-state index is 11.2. The molecule has 1 spiro atoms. The van der Waals surface area contributed by atoms with Crippen molar-refractivity contribution >= 4 is 5.97 Å². The molecule has 2 heterocycles. The molecule has 3 unspecified atom stereocenters. The van der Waals surface area contributed by atoms with E-state index in [2.05, 4.69) is 6.07 Å². The summed E-state index contributed by atoms with van der Waals surface area (Å²) in [6.07, 6.45) is 7.50. The Bertz CT molecular complexity index is 511. The van der Waals surface area contributed by atoms with E-state index in [1.165, 1.54) is 6.92 Å². The molecule has 21 heavy (non-hydrogen) atoms. The molecule has 0 saturated carbocycles. The molecule has 0 amide bonds. The van der Waals surface area contributed by atoms with Gasteiger partial charge in [0.15, 0.2) is 0 Å². The lowest BCUT2D eigenvalue weighted by atomic mass is 9.77. The molecule has 0 aromatic carbocycles. The van der Waals surface area contributed by atoms with Gasteiger partial charge in [0, 0.05) is 19.8 Å². The zero-order valence-electron chi connectivity index (χ0n) is 12.5. The van der Waals surface area contributed by atoms with Gasteiger partial charge in [-0.15, -0.1) is 0 Å². The largest absolute Gasteiger partial charge is 0.455 e. The van der Waals surface area contributed by atoms with Gasteiger partial charge in [0.1, 0.15) is 17.3 Å². The average molecular weight is 291 g/mol. The van der Waals surface area contributed by atoms with Crippen LogP contribution in [0.25, 0.3) is 0 Å². The van der Waals surface area contributed by atoms with E-state index in [1.807, 2.05) is 19.1 Å². The third-order valence-corrected chi connectivity index (χ3v) is 4.75. The summed E-state index contributed by atoms with van der Waals surface area (Å²) >= 11 is 0. The lowest BCUT2D eigenvalue weighted by Gasteiger charge is -2.41. The molecular formula is C16H21NO4. The Hall–Kier alpha value is -1.38. The summed E-state index contributed by atoms with van der Waals surface area (Å²) < 4.78 is 17.9. The standard InChI is InChI=1S/C16H21NO4/c1-11(18)19-13-7-8-16-10-15(13,2)21-14(16)6-5-12(20-16)4-3-9-17/h7-8,12-14H,3-6,10H2,1-2H3/t12?,13-,14?,15?,16+/m1/s1. The summed E-state index contributed by atoms with van der Waals surface area (Å²) in [5.74, 6) is -0.298. The fourth-order valence-electron chi connectivity index (χ4n) is 3.85. The van der Waals surface area contributed by atoms with Gasteiger partial charge in [0.25, 0.3) is 0 Å². The van der Waals surface area contributed by atoms with E-state index >= 15 is 0 Å². The second-order valence-electron chi connectivity index (χ2n) is 6.45. The first-order chi connectivity index (χ1) is 9.97. The van der Waals surface area contributed by atoms with Gasteiger partial charge in [-0.05, 0) is 32.3 Å². The van der Waals surface area contributed by atoms with Crippen LogP contribution in [0.5, 0.6) is 0 Å². The van der Waals surface area contributed by atoms with Crippen LogP contribution in [0, 0.1) is 11.3 Å². The number of carbonyl (C=O) groups excluding carboxylic acids is 1. The maximum atomic E-state index is 11.2. The monoisotopic (exact) mass is 291 g/mol. The average Bonchev–Trinajstić information content (AvgIpc) is 2.67. The molecule has 2 saturated heterocycles. The summed E-state index contributed by atoms with van der Waals surface area (Å²) in [4.78, 5) is 11.2. The Morgan fingerprint density at radius 3 is 3.00 bits per heavy atom. The summed E-state index contributed by atoms with van der Waals surface area (Å²) in [5.41, 5.74) is -0.932. The lowest BCUT2D eigenvalue weighted by molar-refractivity contribution is -0.164. The Kier molecular flexibility index (Phi) is 3.54. The first-order valence-electron chi connectivity index (χ1n) is 7.57. The minimum Gasteiger partial charge on any atom is -0.455 e. The molecule has 2 bridgehead atoms. The van der Waals surface area contributed by atoms with Crippen molar-refractivity contribution in [1.82, 2.24) is 0 Å². The molecule has 3 aliphatic rings. The number of hydrogen-bond acceptors (Lipinski definition) is 5. The molecule has 5 nitrogen and oxygen atoms in total. The van der Waals surface area contributed by atoms with E-state index in [0.717, 1.165) is 19.3 Å². The van der Waals surface area contributed by atoms with Crippen molar-refractivity contribution < 1.29 is 19.0 Å². The van der Waals surface area contributed by atoms with Crippen molar-refractivity contribution in [1.29, 1.82) is 5.26 Å². The van der Waals surface area contributed by atoms with Gasteiger partial charge in [-0.3, -0.25) is 4.79 Å². The number of ether oxygens (including phenoxy) is 3. The molecule has 3 rings (SSSR count). The predicted octanol–water partition coefficient (Wildman–Crippen LogP) is 2.26. The van der Waals surface area contributed by atoms with E-state index in [-0.39, 0.29) is 24.3 Å². The molecule has 0 aromatic heterocycles. The quantitative estimate of drug-likeness (QED) is 0.589. The van der Waals surface area contributed by atoms with Crippen LogP contribution in [0.3, 0.4) is 0 Å². The number of nitrogens with zero attached hydrogens (tertiary/aromatic N) is 1. The SMILES string of the molecule is CC(=O)O[C@@H]1C=C[C@]23CC1(C)OC2CCC(CCC#N)O3. The van der Waals surface area contributed by atoms with Gasteiger partial charge in [0.05, 0.1) is 18.3 Å². The summed E-state index contributed by atoms with van der Waals surface area (Å²) in [5, 5.41) is 8.73. The van der Waals surface area contributed by atoms with Gasteiger partial charge >= 0.3 is 5.97 Å². The third-order valence-electron chi connectivity index (χ3n) is 4.75. The normalized spacial score (nSPS) is 44.0. The number of hydrogen-bond donors (Lipinski definition) is 0. The van der Waals surface area contributed by atoms with Crippen LogP contribution in [-0.4, -0.2) is 35.5 Å². The highest BCUT2D eigenvalue weighted by Crippen LogP contribution is 2.52. The number of esters is 1. The van der Waals surface area contributed by atoms with E-state index in [9.17, 15) is 4.79 Å². The molecule has 5 heteroatoms. The second kappa shape index (κ2) is 5.11. The van der Waals surface area contributed by atoms with Crippen LogP contribution in [0.4, 0.5) is 0 Å². The van der Waals surface area contributed by atoms with Crippen molar-refractivity contribution in [2.75, 3.05) is 0 Å². The highest BCUT2D eigenvalue weighted by molar-refractivity contribution is 5.66. The fourth-order valence-corrected chi connectivity index (χ4v) is 3.85. The molecule has 0 aromatic rings. The van der Waals surface area contributed by atoms with Crippen LogP contribution in [-0.2, 0) is 19.0 Å². The number of rotatable bonds is 3. The maximum Gasteiger partial charge on any atom is 0.303 e. The lowest BCUT2D eigenvalue weighted by Crippen LogP contribution is -2.49. The number of carbonyl (C=O) groups is 1. The predicted molar refractivity (Wildman–Crippen MR) is 74.3 cm³/mol. The highest BCUT2D eigenvalue weighted by atomic mass is 16.6. The van der Waals surface area contributed by atoms with E-state index < -0.39 is 11.2 Å². The van der Waals surface area contributed by atoms with Crippen LogP contribution in [0.1, 0.15) is 46.0 Å². The minimum atomic E-state index is -0.519. The minimum absolute atomic E-state index is 0.0117. The molecule has 114 valence electrons. The summed E-state index contributed by atoms with van der Waals surface area (Å²) in [7, 11) is 0. The fraction of sp³-hybridized carbons (Fsp3) is 0.750.